The van der Waals surface area contributed by atoms with Crippen LogP contribution in [0.15, 0.2) is 36.4 Å². The van der Waals surface area contributed by atoms with Crippen LogP contribution in [0.1, 0.15) is 52.3 Å². The lowest BCUT2D eigenvalue weighted by Gasteiger charge is -2.15. The number of benzene rings is 1. The number of hydrogen-bond acceptors (Lipinski definition) is 4. The standard InChI is InChI=1S/C19H20N4O3/c1-4-23-16-8-6-5-7-14(16)22-17(23)12(3)21-18(24)15-10-9-13(19(25)26)11(2)20-15/h5-10,12H,4H2,1-3H3,(H,21,24)(H,25,26). The summed E-state index contributed by atoms with van der Waals surface area (Å²) < 4.78 is 2.06. The van der Waals surface area contributed by atoms with Crippen LogP contribution in [0.5, 0.6) is 0 Å². The molecule has 0 aliphatic heterocycles. The third-order valence-electron chi connectivity index (χ3n) is 4.28. The van der Waals surface area contributed by atoms with Gasteiger partial charge in [0.25, 0.3) is 5.91 Å². The minimum absolute atomic E-state index is 0.0855. The van der Waals surface area contributed by atoms with Gasteiger partial charge < -0.3 is 15.0 Å². The Balaban J connectivity index is 1.86. The first kappa shape index (κ1) is 17.6. The van der Waals surface area contributed by atoms with Crippen LogP contribution in [-0.4, -0.2) is 31.5 Å². The number of fused-ring (bicyclic) bond motifs is 1. The number of carbonyl (C=O) groups excluding carboxylic acids is 1. The van der Waals surface area contributed by atoms with E-state index < -0.39 is 5.97 Å². The summed E-state index contributed by atoms with van der Waals surface area (Å²) >= 11 is 0. The topological polar surface area (TPSA) is 97.1 Å². The van der Waals surface area contributed by atoms with Gasteiger partial charge in [-0.15, -0.1) is 0 Å². The highest BCUT2D eigenvalue weighted by molar-refractivity contribution is 5.94. The van der Waals surface area contributed by atoms with Crippen molar-refractivity contribution < 1.29 is 14.7 Å². The molecule has 0 bridgehead atoms. The fraction of sp³-hybridized carbons (Fsp3) is 0.263. The molecule has 0 radical (unpaired) electrons. The average Bonchev–Trinajstić information content (AvgIpc) is 3.00. The van der Waals surface area contributed by atoms with Crippen LogP contribution >= 0.6 is 0 Å². The lowest BCUT2D eigenvalue weighted by Crippen LogP contribution is -2.29. The first-order valence-electron chi connectivity index (χ1n) is 8.39. The first-order valence-corrected chi connectivity index (χ1v) is 8.39. The first-order chi connectivity index (χ1) is 12.4. The number of para-hydroxylation sites is 2. The van der Waals surface area contributed by atoms with E-state index >= 15 is 0 Å². The van der Waals surface area contributed by atoms with Crippen LogP contribution in [0.25, 0.3) is 11.0 Å². The Kier molecular flexibility index (Phi) is 4.71. The molecular weight excluding hydrogens is 332 g/mol. The van der Waals surface area contributed by atoms with Gasteiger partial charge in [0.1, 0.15) is 11.5 Å². The molecule has 2 N–H and O–H groups in total. The Hall–Kier alpha value is -3.22. The van der Waals surface area contributed by atoms with E-state index in [0.717, 1.165) is 23.4 Å². The van der Waals surface area contributed by atoms with E-state index in [1.807, 2.05) is 38.1 Å². The predicted octanol–water partition coefficient (Wildman–Crippen LogP) is 2.95. The number of nitrogens with one attached hydrogen (secondary N) is 1. The normalized spacial score (nSPS) is 12.1. The van der Waals surface area contributed by atoms with Crippen molar-refractivity contribution in [1.82, 2.24) is 19.9 Å². The van der Waals surface area contributed by atoms with E-state index in [-0.39, 0.29) is 23.2 Å². The van der Waals surface area contributed by atoms with Gasteiger partial charge in [-0.05, 0) is 45.0 Å². The predicted molar refractivity (Wildman–Crippen MR) is 97.2 cm³/mol. The van der Waals surface area contributed by atoms with Gasteiger partial charge in [0.05, 0.1) is 28.3 Å². The molecular formula is C19H20N4O3. The van der Waals surface area contributed by atoms with Crippen molar-refractivity contribution >= 4 is 22.9 Å². The van der Waals surface area contributed by atoms with Gasteiger partial charge in [-0.2, -0.15) is 0 Å². The third kappa shape index (κ3) is 3.15. The second-order valence-electron chi connectivity index (χ2n) is 6.03. The molecule has 0 aliphatic carbocycles. The second kappa shape index (κ2) is 6.95. The molecule has 1 aromatic carbocycles. The average molecular weight is 352 g/mol. The molecule has 0 fully saturated rings. The van der Waals surface area contributed by atoms with Gasteiger partial charge in [0.2, 0.25) is 0 Å². The van der Waals surface area contributed by atoms with Crippen molar-refractivity contribution in [2.24, 2.45) is 0 Å². The van der Waals surface area contributed by atoms with Crippen molar-refractivity contribution in [3.8, 4) is 0 Å². The van der Waals surface area contributed by atoms with Crippen LogP contribution in [0.2, 0.25) is 0 Å². The summed E-state index contributed by atoms with van der Waals surface area (Å²) in [5.74, 6) is -0.667. The summed E-state index contributed by atoms with van der Waals surface area (Å²) in [6.07, 6.45) is 0. The summed E-state index contributed by atoms with van der Waals surface area (Å²) in [6.45, 7) is 6.20. The highest BCUT2D eigenvalue weighted by atomic mass is 16.4. The minimum Gasteiger partial charge on any atom is -0.478 e. The molecule has 7 nitrogen and oxygen atoms in total. The van der Waals surface area contributed by atoms with Crippen LogP contribution in [0, 0.1) is 6.92 Å². The van der Waals surface area contributed by atoms with Gasteiger partial charge in [-0.1, -0.05) is 12.1 Å². The third-order valence-corrected chi connectivity index (χ3v) is 4.28. The molecule has 3 aromatic rings. The lowest BCUT2D eigenvalue weighted by molar-refractivity contribution is 0.0694. The van der Waals surface area contributed by atoms with Crippen molar-refractivity contribution in [2.45, 2.75) is 33.4 Å². The number of carboxylic acids is 1. The molecule has 1 atom stereocenters. The number of aromatic nitrogens is 3. The van der Waals surface area contributed by atoms with Gasteiger partial charge in [0.15, 0.2) is 0 Å². The zero-order valence-corrected chi connectivity index (χ0v) is 14.9. The molecule has 134 valence electrons. The maximum absolute atomic E-state index is 12.5. The van der Waals surface area contributed by atoms with E-state index in [1.165, 1.54) is 12.1 Å². The molecule has 1 unspecified atom stereocenters. The van der Waals surface area contributed by atoms with E-state index in [2.05, 4.69) is 19.9 Å². The van der Waals surface area contributed by atoms with Gasteiger partial charge in [-0.3, -0.25) is 4.79 Å². The van der Waals surface area contributed by atoms with Crippen molar-refractivity contribution in [1.29, 1.82) is 0 Å². The van der Waals surface area contributed by atoms with E-state index in [9.17, 15) is 9.59 Å². The van der Waals surface area contributed by atoms with Crippen LogP contribution in [-0.2, 0) is 6.54 Å². The molecule has 0 saturated heterocycles. The SMILES string of the molecule is CCn1c(C(C)NC(=O)c2ccc(C(=O)O)c(C)n2)nc2ccccc21. The number of aryl methyl sites for hydroxylation is 2. The molecule has 7 heteroatoms. The second-order valence-corrected chi connectivity index (χ2v) is 6.03. The summed E-state index contributed by atoms with van der Waals surface area (Å²) in [4.78, 5) is 32.3. The van der Waals surface area contributed by atoms with Crippen LogP contribution in [0.3, 0.4) is 0 Å². The number of pyridine rings is 1. The van der Waals surface area contributed by atoms with Crippen LogP contribution < -0.4 is 5.32 Å². The van der Waals surface area contributed by atoms with Crippen molar-refractivity contribution in [3.05, 3.63) is 59.2 Å². The number of aromatic carboxylic acids is 1. The number of hydrogen-bond donors (Lipinski definition) is 2. The minimum atomic E-state index is -1.06. The molecule has 0 aliphatic rings. The summed E-state index contributed by atoms with van der Waals surface area (Å²) in [5.41, 5.74) is 2.47. The van der Waals surface area contributed by atoms with Gasteiger partial charge in [-0.25, -0.2) is 14.8 Å². The zero-order chi connectivity index (χ0) is 18.8. The maximum atomic E-state index is 12.5. The monoisotopic (exact) mass is 352 g/mol. The number of imidazole rings is 1. The summed E-state index contributed by atoms with van der Waals surface area (Å²) in [6, 6.07) is 10.3. The Bertz CT molecular complexity index is 994. The van der Waals surface area contributed by atoms with E-state index in [0.29, 0.717) is 5.69 Å². The summed E-state index contributed by atoms with van der Waals surface area (Å²) in [7, 11) is 0. The Labute approximate surface area is 150 Å². The fourth-order valence-electron chi connectivity index (χ4n) is 3.01. The number of rotatable bonds is 5. The van der Waals surface area contributed by atoms with Gasteiger partial charge in [0, 0.05) is 6.54 Å². The quantitative estimate of drug-likeness (QED) is 0.736. The number of carboxylic acid groups (broad SMARTS) is 1. The molecule has 2 heterocycles. The number of carbonyl (C=O) groups is 2. The molecule has 26 heavy (non-hydrogen) atoms. The van der Waals surface area contributed by atoms with E-state index in [4.69, 9.17) is 5.11 Å². The fourth-order valence-corrected chi connectivity index (χ4v) is 3.01. The smallest absolute Gasteiger partial charge is 0.337 e. The van der Waals surface area contributed by atoms with Crippen LogP contribution in [0.4, 0.5) is 0 Å². The van der Waals surface area contributed by atoms with Crippen molar-refractivity contribution in [3.63, 3.8) is 0 Å². The molecule has 3 rings (SSSR count). The highest BCUT2D eigenvalue weighted by Crippen LogP contribution is 2.21. The zero-order valence-electron chi connectivity index (χ0n) is 14.9. The van der Waals surface area contributed by atoms with E-state index in [1.54, 1.807) is 6.92 Å². The largest absolute Gasteiger partial charge is 0.478 e. The van der Waals surface area contributed by atoms with Crippen molar-refractivity contribution in [2.75, 3.05) is 0 Å². The highest BCUT2D eigenvalue weighted by Gasteiger charge is 2.20. The molecule has 1 amide bonds. The molecule has 0 saturated carbocycles. The summed E-state index contributed by atoms with van der Waals surface area (Å²) in [5, 5.41) is 12.0. The Morgan fingerprint density at radius 1 is 1.19 bits per heavy atom. The Morgan fingerprint density at radius 3 is 2.58 bits per heavy atom. The Morgan fingerprint density at radius 2 is 1.92 bits per heavy atom. The molecule has 0 spiro atoms. The van der Waals surface area contributed by atoms with Gasteiger partial charge >= 0.3 is 5.97 Å². The number of nitrogens with zero attached hydrogens (tertiary/aromatic N) is 3. The lowest BCUT2D eigenvalue weighted by atomic mass is 10.2. The maximum Gasteiger partial charge on any atom is 0.337 e. The molecule has 2 aromatic heterocycles. The number of amides is 1.